The quantitative estimate of drug-likeness (QED) is 0.512. The summed E-state index contributed by atoms with van der Waals surface area (Å²) in [6.45, 7) is 10.7. The average molecular weight is 492 g/mol. The van der Waals surface area contributed by atoms with Crippen LogP contribution in [-0.2, 0) is 14.6 Å². The van der Waals surface area contributed by atoms with Crippen molar-refractivity contribution in [2.75, 3.05) is 36.9 Å². The first-order valence-corrected chi connectivity index (χ1v) is 14.6. The molecule has 4 unspecified atom stereocenters. The molecule has 34 heavy (non-hydrogen) atoms. The molecule has 190 valence electrons. The van der Waals surface area contributed by atoms with Gasteiger partial charge in [0.2, 0.25) is 5.91 Å². The molecule has 7 nitrogen and oxygen atoms in total. The lowest BCUT2D eigenvalue weighted by molar-refractivity contribution is -0.137. The van der Waals surface area contributed by atoms with Gasteiger partial charge in [-0.2, -0.15) is 0 Å². The van der Waals surface area contributed by atoms with E-state index in [0.717, 1.165) is 30.8 Å². The number of anilines is 1. The molecular weight excluding hydrogens is 450 g/mol. The molecule has 6 atom stereocenters. The zero-order chi connectivity index (χ0) is 24.6. The SMILES string of the molecule is CCOc1ccc(N2C[C@@H]3C(C)C4C3N(C(=O)C(CCCC(C)C)S(=O)(=O)CCN)C[C@H]42)cc1. The van der Waals surface area contributed by atoms with Crippen LogP contribution in [0.25, 0.3) is 0 Å². The minimum Gasteiger partial charge on any atom is -0.494 e. The third-order valence-corrected chi connectivity index (χ3v) is 10.3. The van der Waals surface area contributed by atoms with E-state index in [1.165, 1.54) is 0 Å². The Morgan fingerprint density at radius 1 is 1.18 bits per heavy atom. The fourth-order valence-corrected chi connectivity index (χ4v) is 8.13. The van der Waals surface area contributed by atoms with E-state index in [9.17, 15) is 13.2 Å². The van der Waals surface area contributed by atoms with Crippen LogP contribution in [0.1, 0.15) is 47.0 Å². The number of hydrogen-bond acceptors (Lipinski definition) is 6. The Hall–Kier alpha value is -1.80. The molecule has 4 aliphatic rings. The normalized spacial score (nSPS) is 28.7. The molecule has 3 saturated heterocycles. The maximum absolute atomic E-state index is 13.8. The number of piperidine rings is 2. The molecule has 2 N–H and O–H groups in total. The monoisotopic (exact) mass is 491 g/mol. The molecule has 0 radical (unpaired) electrons. The summed E-state index contributed by atoms with van der Waals surface area (Å²) in [4.78, 5) is 18.1. The second-order valence-electron chi connectivity index (χ2n) is 10.7. The van der Waals surface area contributed by atoms with Crippen molar-refractivity contribution in [1.29, 1.82) is 0 Å². The fourth-order valence-electron chi connectivity index (χ4n) is 6.55. The van der Waals surface area contributed by atoms with Gasteiger partial charge in [0.15, 0.2) is 9.84 Å². The number of sulfone groups is 1. The average Bonchev–Trinajstić information content (AvgIpc) is 3.06. The summed E-state index contributed by atoms with van der Waals surface area (Å²) in [5.74, 6) is 2.32. The number of ether oxygens (including phenoxy) is 1. The number of hydrogen-bond donors (Lipinski definition) is 1. The Kier molecular flexibility index (Phi) is 7.48. The van der Waals surface area contributed by atoms with Crippen LogP contribution in [0.3, 0.4) is 0 Å². The first-order chi connectivity index (χ1) is 16.2. The van der Waals surface area contributed by atoms with E-state index in [1.807, 2.05) is 24.0 Å². The highest BCUT2D eigenvalue weighted by Gasteiger charge is 2.65. The van der Waals surface area contributed by atoms with Crippen LogP contribution in [0.4, 0.5) is 5.69 Å². The van der Waals surface area contributed by atoms with E-state index in [2.05, 4.69) is 37.8 Å². The van der Waals surface area contributed by atoms with E-state index in [4.69, 9.17) is 10.5 Å². The van der Waals surface area contributed by atoms with Gasteiger partial charge < -0.3 is 20.3 Å². The van der Waals surface area contributed by atoms with Crippen LogP contribution in [0.2, 0.25) is 0 Å². The molecule has 0 aromatic heterocycles. The van der Waals surface area contributed by atoms with Crippen LogP contribution in [0, 0.1) is 23.7 Å². The van der Waals surface area contributed by atoms with Gasteiger partial charge in [0.05, 0.1) is 18.4 Å². The number of carbonyl (C=O) groups excluding carboxylic acids is 1. The second kappa shape index (κ2) is 10.1. The van der Waals surface area contributed by atoms with Gasteiger partial charge in [-0.3, -0.25) is 4.79 Å². The van der Waals surface area contributed by atoms with E-state index in [1.54, 1.807) is 0 Å². The van der Waals surface area contributed by atoms with Gasteiger partial charge in [-0.1, -0.05) is 33.6 Å². The Bertz CT molecular complexity index is 965. The van der Waals surface area contributed by atoms with Crippen molar-refractivity contribution in [3.05, 3.63) is 24.3 Å². The molecule has 1 aromatic rings. The summed E-state index contributed by atoms with van der Waals surface area (Å²) < 4.78 is 31.7. The number of rotatable bonds is 11. The van der Waals surface area contributed by atoms with Crippen LogP contribution < -0.4 is 15.4 Å². The molecule has 4 fully saturated rings. The number of nitrogens with two attached hydrogens (primary N) is 1. The Morgan fingerprint density at radius 2 is 1.88 bits per heavy atom. The van der Waals surface area contributed by atoms with Gasteiger partial charge in [0.1, 0.15) is 11.0 Å². The Morgan fingerprint density at radius 3 is 2.50 bits per heavy atom. The van der Waals surface area contributed by atoms with E-state index in [0.29, 0.717) is 43.2 Å². The van der Waals surface area contributed by atoms with Gasteiger partial charge in [0.25, 0.3) is 0 Å². The number of carbonyl (C=O) groups is 1. The smallest absolute Gasteiger partial charge is 0.241 e. The van der Waals surface area contributed by atoms with Gasteiger partial charge in [-0.05, 0) is 49.4 Å². The molecule has 3 aliphatic heterocycles. The van der Waals surface area contributed by atoms with Crippen LogP contribution in [-0.4, -0.2) is 68.6 Å². The van der Waals surface area contributed by atoms with Crippen LogP contribution >= 0.6 is 0 Å². The van der Waals surface area contributed by atoms with Crippen LogP contribution in [0.15, 0.2) is 24.3 Å². The molecule has 1 aromatic carbocycles. The van der Waals surface area contributed by atoms with Gasteiger partial charge in [0, 0.05) is 43.2 Å². The third kappa shape index (κ3) is 4.55. The summed E-state index contributed by atoms with van der Waals surface area (Å²) >= 11 is 0. The molecule has 5 rings (SSSR count). The van der Waals surface area contributed by atoms with Gasteiger partial charge in [-0.15, -0.1) is 0 Å². The molecular formula is C26H41N3O4S. The highest BCUT2D eigenvalue weighted by atomic mass is 32.2. The Labute approximate surface area is 204 Å². The zero-order valence-electron chi connectivity index (χ0n) is 21.0. The third-order valence-electron chi connectivity index (χ3n) is 8.23. The minimum absolute atomic E-state index is 0.0517. The summed E-state index contributed by atoms with van der Waals surface area (Å²) in [6.07, 6.45) is 2.05. The van der Waals surface area contributed by atoms with Crippen molar-refractivity contribution in [2.24, 2.45) is 29.4 Å². The highest BCUT2D eigenvalue weighted by molar-refractivity contribution is 7.92. The van der Waals surface area contributed by atoms with E-state index in [-0.39, 0.29) is 30.3 Å². The summed E-state index contributed by atoms with van der Waals surface area (Å²) in [6, 6.07) is 8.58. The molecule has 1 amide bonds. The summed E-state index contributed by atoms with van der Waals surface area (Å²) in [5.41, 5.74) is 6.75. The maximum atomic E-state index is 13.8. The largest absolute Gasteiger partial charge is 0.494 e. The molecule has 4 bridgehead atoms. The van der Waals surface area contributed by atoms with Gasteiger partial charge >= 0.3 is 0 Å². The van der Waals surface area contributed by atoms with Crippen molar-refractivity contribution in [3.63, 3.8) is 0 Å². The molecule has 0 spiro atoms. The van der Waals surface area contributed by atoms with Crippen molar-refractivity contribution < 1.29 is 17.9 Å². The molecule has 3 heterocycles. The lowest BCUT2D eigenvalue weighted by Gasteiger charge is -2.58. The van der Waals surface area contributed by atoms with Gasteiger partial charge in [-0.25, -0.2) is 8.42 Å². The van der Waals surface area contributed by atoms with Crippen molar-refractivity contribution >= 4 is 21.4 Å². The number of benzene rings is 1. The summed E-state index contributed by atoms with van der Waals surface area (Å²) in [7, 11) is -3.57. The second-order valence-corrected chi connectivity index (χ2v) is 13.0. The predicted molar refractivity (Wildman–Crippen MR) is 136 cm³/mol. The number of fused-ring (bicyclic) bond motifs is 1. The standard InChI is InChI=1S/C26H41N3O4S/c1-5-33-20-11-9-19(10-12-20)28-15-21-18(4)24-22(28)16-29(25(21)24)26(30)23(8-6-7-17(2)3)34(31,32)14-13-27/h9-12,17-18,21-25H,5-8,13-16,27H2,1-4H3/t18?,21-,22-,23?,24?,25?/m1/s1. The molecule has 8 heteroatoms. The van der Waals surface area contributed by atoms with Crippen molar-refractivity contribution in [3.8, 4) is 5.75 Å². The first kappa shape index (κ1) is 25.3. The highest BCUT2D eigenvalue weighted by Crippen LogP contribution is 2.56. The van der Waals surface area contributed by atoms with Crippen LogP contribution in [0.5, 0.6) is 5.75 Å². The number of nitrogens with zero attached hydrogens (tertiary/aromatic N) is 2. The lowest BCUT2D eigenvalue weighted by atomic mass is 9.57. The topological polar surface area (TPSA) is 92.9 Å². The maximum Gasteiger partial charge on any atom is 0.241 e. The minimum atomic E-state index is -3.57. The zero-order valence-corrected chi connectivity index (χ0v) is 21.8. The fraction of sp³-hybridized carbons (Fsp3) is 0.731. The first-order valence-electron chi connectivity index (χ1n) is 12.9. The Balaban J connectivity index is 1.54. The van der Waals surface area contributed by atoms with Crippen molar-refractivity contribution in [2.45, 2.75) is 64.3 Å². The number of likely N-dealkylation sites (tertiary alicyclic amines) is 1. The molecule has 1 saturated carbocycles. The van der Waals surface area contributed by atoms with E-state index < -0.39 is 15.1 Å². The predicted octanol–water partition coefficient (Wildman–Crippen LogP) is 2.94. The molecule has 1 aliphatic carbocycles. The van der Waals surface area contributed by atoms with E-state index >= 15 is 0 Å². The number of amides is 1. The lowest BCUT2D eigenvalue weighted by Crippen LogP contribution is -2.67. The summed E-state index contributed by atoms with van der Waals surface area (Å²) in [5, 5.41) is -0.970. The van der Waals surface area contributed by atoms with Crippen molar-refractivity contribution in [1.82, 2.24) is 4.90 Å².